The van der Waals surface area contributed by atoms with Crippen LogP contribution in [0.1, 0.15) is 23.3 Å². The topological polar surface area (TPSA) is 81.5 Å². The standard InChI is InChI=1S/C16H17N3O4/c1-18-15(21)12-7-3-2-6-11(12)14(17-18)16(22)23-10-13(20)19-8-4-5-9-19/h2-3,6-7H,4-5,8-10H2,1H3. The molecule has 3 rings (SSSR count). The first kappa shape index (κ1) is 15.2. The number of rotatable bonds is 3. The van der Waals surface area contributed by atoms with Crippen LogP contribution in [0.4, 0.5) is 0 Å². The zero-order valence-electron chi connectivity index (χ0n) is 12.8. The predicted octanol–water partition coefficient (Wildman–Crippen LogP) is 0.713. The predicted molar refractivity (Wildman–Crippen MR) is 83.1 cm³/mol. The number of carbonyl (C=O) groups excluding carboxylic acids is 2. The van der Waals surface area contributed by atoms with Gasteiger partial charge in [-0.25, -0.2) is 9.48 Å². The van der Waals surface area contributed by atoms with Crippen molar-refractivity contribution in [3.63, 3.8) is 0 Å². The SMILES string of the molecule is Cn1nc(C(=O)OCC(=O)N2CCCC2)c2ccccc2c1=O. The number of esters is 1. The minimum absolute atomic E-state index is 0.0388. The van der Waals surface area contributed by atoms with Crippen LogP contribution in [0.3, 0.4) is 0 Å². The quantitative estimate of drug-likeness (QED) is 0.779. The van der Waals surface area contributed by atoms with E-state index in [1.165, 1.54) is 7.05 Å². The molecule has 7 heteroatoms. The van der Waals surface area contributed by atoms with Gasteiger partial charge in [0.15, 0.2) is 12.3 Å². The van der Waals surface area contributed by atoms with Gasteiger partial charge in [-0.1, -0.05) is 18.2 Å². The summed E-state index contributed by atoms with van der Waals surface area (Å²) in [4.78, 5) is 37.9. The van der Waals surface area contributed by atoms with Crippen molar-refractivity contribution in [1.29, 1.82) is 0 Å². The van der Waals surface area contributed by atoms with E-state index < -0.39 is 5.97 Å². The van der Waals surface area contributed by atoms with Crippen LogP contribution in [-0.2, 0) is 16.6 Å². The van der Waals surface area contributed by atoms with E-state index in [2.05, 4.69) is 5.10 Å². The normalized spacial score (nSPS) is 14.2. The highest BCUT2D eigenvalue weighted by Gasteiger charge is 2.21. The van der Waals surface area contributed by atoms with Crippen molar-refractivity contribution >= 4 is 22.6 Å². The second kappa shape index (κ2) is 6.20. The Labute approximate surface area is 132 Å². The van der Waals surface area contributed by atoms with Crippen LogP contribution in [0, 0.1) is 0 Å². The molecule has 0 radical (unpaired) electrons. The Balaban J connectivity index is 1.82. The molecular formula is C16H17N3O4. The number of aromatic nitrogens is 2. The molecule has 2 heterocycles. The second-order valence-corrected chi connectivity index (χ2v) is 5.49. The van der Waals surface area contributed by atoms with Crippen LogP contribution in [0.15, 0.2) is 29.1 Å². The highest BCUT2D eigenvalue weighted by molar-refractivity contribution is 6.02. The first-order valence-corrected chi connectivity index (χ1v) is 7.49. The molecule has 0 aliphatic carbocycles. The van der Waals surface area contributed by atoms with Gasteiger partial charge in [-0.2, -0.15) is 5.10 Å². The highest BCUT2D eigenvalue weighted by atomic mass is 16.5. The molecule has 1 aromatic carbocycles. The zero-order valence-corrected chi connectivity index (χ0v) is 12.8. The number of amides is 1. The molecule has 120 valence electrons. The number of benzene rings is 1. The average molecular weight is 315 g/mol. The number of nitrogens with zero attached hydrogens (tertiary/aromatic N) is 3. The Morgan fingerprint density at radius 3 is 2.52 bits per heavy atom. The number of hydrogen-bond donors (Lipinski definition) is 0. The molecule has 0 bridgehead atoms. The van der Waals surface area contributed by atoms with Crippen molar-refractivity contribution in [1.82, 2.24) is 14.7 Å². The van der Waals surface area contributed by atoms with E-state index in [0.29, 0.717) is 23.9 Å². The fraction of sp³-hybridized carbons (Fsp3) is 0.375. The summed E-state index contributed by atoms with van der Waals surface area (Å²) in [5.41, 5.74) is -0.248. The Morgan fingerprint density at radius 1 is 1.17 bits per heavy atom. The van der Waals surface area contributed by atoms with Crippen molar-refractivity contribution in [2.75, 3.05) is 19.7 Å². The van der Waals surface area contributed by atoms with E-state index in [0.717, 1.165) is 17.5 Å². The van der Waals surface area contributed by atoms with E-state index in [1.807, 2.05) is 0 Å². The third-order valence-corrected chi connectivity index (χ3v) is 3.94. The lowest BCUT2D eigenvalue weighted by Crippen LogP contribution is -2.32. The Bertz CT molecular complexity index is 822. The van der Waals surface area contributed by atoms with Gasteiger partial charge in [0, 0.05) is 25.5 Å². The van der Waals surface area contributed by atoms with Crippen LogP contribution in [0.25, 0.3) is 10.8 Å². The van der Waals surface area contributed by atoms with Gasteiger partial charge in [0.1, 0.15) is 0 Å². The number of aryl methyl sites for hydroxylation is 1. The molecule has 7 nitrogen and oxygen atoms in total. The van der Waals surface area contributed by atoms with Gasteiger partial charge in [0.05, 0.1) is 5.39 Å². The summed E-state index contributed by atoms with van der Waals surface area (Å²) in [7, 11) is 1.47. The lowest BCUT2D eigenvalue weighted by Gasteiger charge is -2.15. The monoisotopic (exact) mass is 315 g/mol. The lowest BCUT2D eigenvalue weighted by atomic mass is 10.1. The zero-order chi connectivity index (χ0) is 16.4. The van der Waals surface area contributed by atoms with E-state index >= 15 is 0 Å². The minimum atomic E-state index is -0.704. The number of fused-ring (bicyclic) bond motifs is 1. The molecule has 1 aliphatic heterocycles. The van der Waals surface area contributed by atoms with Gasteiger partial charge < -0.3 is 9.64 Å². The molecule has 0 unspecified atom stereocenters. The van der Waals surface area contributed by atoms with Crippen LogP contribution in [-0.4, -0.2) is 46.3 Å². The molecule has 0 N–H and O–H groups in total. The Kier molecular flexibility index (Phi) is 4.10. The summed E-state index contributed by atoms with van der Waals surface area (Å²) in [5.74, 6) is -0.908. The maximum Gasteiger partial charge on any atom is 0.359 e. The smallest absolute Gasteiger partial charge is 0.359 e. The van der Waals surface area contributed by atoms with E-state index in [4.69, 9.17) is 4.74 Å². The van der Waals surface area contributed by atoms with Gasteiger partial charge in [-0.15, -0.1) is 0 Å². The third kappa shape index (κ3) is 2.94. The van der Waals surface area contributed by atoms with Crippen LogP contribution in [0.5, 0.6) is 0 Å². The van der Waals surface area contributed by atoms with Crippen molar-refractivity contribution < 1.29 is 14.3 Å². The van der Waals surface area contributed by atoms with Crippen molar-refractivity contribution in [3.05, 3.63) is 40.3 Å². The average Bonchev–Trinajstić information content (AvgIpc) is 3.10. The highest BCUT2D eigenvalue weighted by Crippen LogP contribution is 2.14. The summed E-state index contributed by atoms with van der Waals surface area (Å²) in [6.45, 7) is 1.10. The van der Waals surface area contributed by atoms with Crippen LogP contribution in [0.2, 0.25) is 0 Å². The molecule has 1 aromatic heterocycles. The fourth-order valence-electron chi connectivity index (χ4n) is 2.70. The van der Waals surface area contributed by atoms with Crippen molar-refractivity contribution in [2.45, 2.75) is 12.8 Å². The maximum absolute atomic E-state index is 12.3. The summed E-state index contributed by atoms with van der Waals surface area (Å²) >= 11 is 0. The first-order valence-electron chi connectivity index (χ1n) is 7.49. The van der Waals surface area contributed by atoms with Crippen LogP contribution < -0.4 is 5.56 Å². The molecule has 1 aliphatic rings. The van der Waals surface area contributed by atoms with E-state index in [-0.39, 0.29) is 23.8 Å². The molecule has 2 aromatic rings. The summed E-state index contributed by atoms with van der Waals surface area (Å²) in [5, 5.41) is 4.80. The molecule has 23 heavy (non-hydrogen) atoms. The maximum atomic E-state index is 12.3. The molecule has 0 atom stereocenters. The lowest BCUT2D eigenvalue weighted by molar-refractivity contribution is -0.133. The van der Waals surface area contributed by atoms with Crippen LogP contribution >= 0.6 is 0 Å². The molecule has 0 saturated carbocycles. The summed E-state index contributed by atoms with van der Waals surface area (Å²) in [6, 6.07) is 6.71. The van der Waals surface area contributed by atoms with Gasteiger partial charge in [-0.05, 0) is 18.9 Å². The molecule has 1 amide bonds. The molecule has 1 saturated heterocycles. The van der Waals surface area contributed by atoms with Crippen molar-refractivity contribution in [2.24, 2.45) is 7.05 Å². The third-order valence-electron chi connectivity index (χ3n) is 3.94. The Hall–Kier alpha value is -2.70. The van der Waals surface area contributed by atoms with E-state index in [1.54, 1.807) is 29.2 Å². The number of ether oxygens (including phenoxy) is 1. The van der Waals surface area contributed by atoms with E-state index in [9.17, 15) is 14.4 Å². The van der Waals surface area contributed by atoms with Gasteiger partial charge in [-0.3, -0.25) is 9.59 Å². The molecular weight excluding hydrogens is 298 g/mol. The summed E-state index contributed by atoms with van der Waals surface area (Å²) < 4.78 is 6.20. The van der Waals surface area contributed by atoms with Gasteiger partial charge >= 0.3 is 5.97 Å². The minimum Gasteiger partial charge on any atom is -0.451 e. The number of likely N-dealkylation sites (tertiary alicyclic amines) is 1. The van der Waals surface area contributed by atoms with Crippen molar-refractivity contribution in [3.8, 4) is 0 Å². The second-order valence-electron chi connectivity index (χ2n) is 5.49. The van der Waals surface area contributed by atoms with Gasteiger partial charge in [0.25, 0.3) is 11.5 Å². The largest absolute Gasteiger partial charge is 0.451 e. The van der Waals surface area contributed by atoms with Gasteiger partial charge in [0.2, 0.25) is 0 Å². The Morgan fingerprint density at radius 2 is 1.83 bits per heavy atom. The number of hydrogen-bond acceptors (Lipinski definition) is 5. The fourth-order valence-corrected chi connectivity index (χ4v) is 2.70. The summed E-state index contributed by atoms with van der Waals surface area (Å²) in [6.07, 6.45) is 1.96. The number of carbonyl (C=O) groups is 2. The first-order chi connectivity index (χ1) is 11.1. The molecule has 1 fully saturated rings. The molecule has 0 spiro atoms.